The van der Waals surface area contributed by atoms with E-state index in [0.29, 0.717) is 13.1 Å². The predicted molar refractivity (Wildman–Crippen MR) is 72.4 cm³/mol. The summed E-state index contributed by atoms with van der Waals surface area (Å²) in [6.45, 7) is 6.63. The average molecular weight is 278 g/mol. The summed E-state index contributed by atoms with van der Waals surface area (Å²) in [7, 11) is -3.45. The van der Waals surface area contributed by atoms with Crippen LogP contribution in [0.15, 0.2) is 0 Å². The molecule has 5 nitrogen and oxygen atoms in total. The first kappa shape index (κ1) is 15.9. The summed E-state index contributed by atoms with van der Waals surface area (Å²) in [4.78, 5) is 0. The quantitative estimate of drug-likeness (QED) is 0.791. The van der Waals surface area contributed by atoms with Crippen molar-refractivity contribution in [2.45, 2.75) is 52.1 Å². The minimum atomic E-state index is -3.45. The van der Waals surface area contributed by atoms with Gasteiger partial charge in [-0.1, -0.05) is 26.7 Å². The molecule has 18 heavy (non-hydrogen) atoms. The van der Waals surface area contributed by atoms with Gasteiger partial charge in [-0.25, -0.2) is 0 Å². The summed E-state index contributed by atoms with van der Waals surface area (Å²) in [6, 6.07) is 0. The number of nitrogens with zero attached hydrogens (tertiary/aromatic N) is 1. The molecule has 0 radical (unpaired) electrons. The van der Waals surface area contributed by atoms with Gasteiger partial charge in [0.15, 0.2) is 0 Å². The Morgan fingerprint density at radius 3 is 2.17 bits per heavy atom. The third kappa shape index (κ3) is 4.50. The monoisotopic (exact) mass is 278 g/mol. The molecule has 0 aromatic heterocycles. The van der Waals surface area contributed by atoms with E-state index in [9.17, 15) is 13.5 Å². The van der Waals surface area contributed by atoms with E-state index in [2.05, 4.69) is 4.72 Å². The fraction of sp³-hybridized carbons (Fsp3) is 1.00. The largest absolute Gasteiger partial charge is 0.389 e. The smallest absolute Gasteiger partial charge is 0.279 e. The lowest BCUT2D eigenvalue weighted by atomic mass is 9.93. The van der Waals surface area contributed by atoms with Crippen LogP contribution in [0.4, 0.5) is 0 Å². The van der Waals surface area contributed by atoms with Crippen LogP contribution in [0.2, 0.25) is 0 Å². The Bertz CT molecular complexity index is 344. The van der Waals surface area contributed by atoms with Gasteiger partial charge in [0.1, 0.15) is 0 Å². The number of rotatable bonds is 5. The van der Waals surface area contributed by atoms with Gasteiger partial charge in [-0.3, -0.25) is 0 Å². The third-order valence-corrected chi connectivity index (χ3v) is 5.32. The van der Waals surface area contributed by atoms with Crippen LogP contribution in [0, 0.1) is 5.92 Å². The van der Waals surface area contributed by atoms with Gasteiger partial charge in [-0.15, -0.1) is 0 Å². The summed E-state index contributed by atoms with van der Waals surface area (Å²) < 4.78 is 28.2. The molecule has 0 aromatic carbocycles. The van der Waals surface area contributed by atoms with Crippen molar-refractivity contribution in [1.82, 2.24) is 9.03 Å². The van der Waals surface area contributed by atoms with Crippen molar-refractivity contribution in [2.75, 3.05) is 19.6 Å². The Morgan fingerprint density at radius 1 is 1.22 bits per heavy atom. The molecule has 0 spiro atoms. The number of hydrogen-bond acceptors (Lipinski definition) is 3. The molecule has 0 aromatic rings. The number of nitrogens with one attached hydrogen (secondary N) is 1. The van der Waals surface area contributed by atoms with Gasteiger partial charge in [-0.05, 0) is 25.7 Å². The molecule has 1 aliphatic heterocycles. The lowest BCUT2D eigenvalue weighted by Crippen LogP contribution is -2.49. The highest BCUT2D eigenvalue weighted by Gasteiger charge is 2.29. The van der Waals surface area contributed by atoms with E-state index >= 15 is 0 Å². The Labute approximate surface area is 111 Å². The molecule has 1 rings (SSSR count). The highest BCUT2D eigenvalue weighted by molar-refractivity contribution is 7.87. The van der Waals surface area contributed by atoms with E-state index in [4.69, 9.17) is 0 Å². The van der Waals surface area contributed by atoms with E-state index in [0.717, 1.165) is 25.7 Å². The zero-order chi connectivity index (χ0) is 13.8. The lowest BCUT2D eigenvalue weighted by Gasteiger charge is -2.29. The summed E-state index contributed by atoms with van der Waals surface area (Å²) in [6.07, 6.45) is 4.02. The summed E-state index contributed by atoms with van der Waals surface area (Å²) in [5, 5.41) is 10.1. The van der Waals surface area contributed by atoms with Gasteiger partial charge in [0.05, 0.1) is 5.60 Å². The maximum absolute atomic E-state index is 12.1. The molecule has 1 fully saturated rings. The van der Waals surface area contributed by atoms with Crippen LogP contribution >= 0.6 is 0 Å². The molecule has 0 aliphatic carbocycles. The van der Waals surface area contributed by atoms with Crippen LogP contribution < -0.4 is 4.72 Å². The number of aliphatic hydroxyl groups is 1. The molecular weight excluding hydrogens is 252 g/mol. The van der Waals surface area contributed by atoms with Crippen molar-refractivity contribution in [3.8, 4) is 0 Å². The maximum atomic E-state index is 12.1. The second-order valence-corrected chi connectivity index (χ2v) is 7.41. The van der Waals surface area contributed by atoms with Gasteiger partial charge < -0.3 is 5.11 Å². The Morgan fingerprint density at radius 2 is 1.72 bits per heavy atom. The van der Waals surface area contributed by atoms with E-state index in [1.165, 1.54) is 4.31 Å². The van der Waals surface area contributed by atoms with Crippen molar-refractivity contribution >= 4 is 10.2 Å². The first-order chi connectivity index (χ1) is 8.26. The van der Waals surface area contributed by atoms with Crippen LogP contribution in [0.5, 0.6) is 0 Å². The zero-order valence-electron chi connectivity index (χ0n) is 11.6. The van der Waals surface area contributed by atoms with Crippen LogP contribution in [-0.4, -0.2) is 43.1 Å². The average Bonchev–Trinajstić information content (AvgIpc) is 2.55. The third-order valence-electron chi connectivity index (χ3n) is 3.76. The molecule has 1 aliphatic rings. The fourth-order valence-corrected chi connectivity index (χ4v) is 3.21. The molecule has 6 heteroatoms. The van der Waals surface area contributed by atoms with E-state index in [-0.39, 0.29) is 12.5 Å². The second kappa shape index (κ2) is 6.32. The molecule has 1 heterocycles. The van der Waals surface area contributed by atoms with Crippen molar-refractivity contribution < 1.29 is 13.5 Å². The standard InChI is InChI=1S/C12H26N2O3S/c1-11(2)12(3,15)10-13-18(16,17)14-8-6-4-5-7-9-14/h11,13,15H,4-10H2,1-3H3. The normalized spacial score (nSPS) is 22.7. The molecule has 1 unspecified atom stereocenters. The molecule has 0 saturated carbocycles. The van der Waals surface area contributed by atoms with Crippen LogP contribution in [0.3, 0.4) is 0 Å². The van der Waals surface area contributed by atoms with E-state index < -0.39 is 15.8 Å². The Hall–Kier alpha value is -0.170. The molecule has 0 amide bonds. The van der Waals surface area contributed by atoms with Gasteiger partial charge in [-0.2, -0.15) is 17.4 Å². The summed E-state index contributed by atoms with van der Waals surface area (Å²) in [5.41, 5.74) is -1.01. The van der Waals surface area contributed by atoms with Crippen molar-refractivity contribution in [2.24, 2.45) is 5.92 Å². The van der Waals surface area contributed by atoms with Crippen LogP contribution in [0.25, 0.3) is 0 Å². The van der Waals surface area contributed by atoms with E-state index in [1.54, 1.807) is 6.92 Å². The molecule has 108 valence electrons. The highest BCUT2D eigenvalue weighted by Crippen LogP contribution is 2.16. The first-order valence-corrected chi connectivity index (χ1v) is 8.17. The molecule has 1 atom stereocenters. The minimum absolute atomic E-state index is 0.00401. The topological polar surface area (TPSA) is 69.6 Å². The van der Waals surface area contributed by atoms with Gasteiger partial charge in [0, 0.05) is 19.6 Å². The molecular formula is C12H26N2O3S. The number of hydrogen-bond donors (Lipinski definition) is 2. The van der Waals surface area contributed by atoms with Crippen molar-refractivity contribution in [1.29, 1.82) is 0 Å². The minimum Gasteiger partial charge on any atom is -0.389 e. The summed E-state index contributed by atoms with van der Waals surface area (Å²) >= 11 is 0. The SMILES string of the molecule is CC(C)C(C)(O)CNS(=O)(=O)N1CCCCCC1. The predicted octanol–water partition coefficient (Wildman–Crippen LogP) is 1.10. The second-order valence-electron chi connectivity index (χ2n) is 5.65. The Kier molecular flexibility index (Phi) is 5.58. The molecule has 2 N–H and O–H groups in total. The maximum Gasteiger partial charge on any atom is 0.279 e. The van der Waals surface area contributed by atoms with Crippen LogP contribution in [-0.2, 0) is 10.2 Å². The van der Waals surface area contributed by atoms with Crippen molar-refractivity contribution in [3.63, 3.8) is 0 Å². The Balaban J connectivity index is 2.58. The highest BCUT2D eigenvalue weighted by atomic mass is 32.2. The van der Waals surface area contributed by atoms with Crippen LogP contribution in [0.1, 0.15) is 46.5 Å². The fourth-order valence-electron chi connectivity index (χ4n) is 1.81. The zero-order valence-corrected chi connectivity index (χ0v) is 12.5. The first-order valence-electron chi connectivity index (χ1n) is 6.73. The van der Waals surface area contributed by atoms with Crippen molar-refractivity contribution in [3.05, 3.63) is 0 Å². The van der Waals surface area contributed by atoms with Gasteiger partial charge in [0.2, 0.25) is 0 Å². The lowest BCUT2D eigenvalue weighted by molar-refractivity contribution is 0.0187. The van der Waals surface area contributed by atoms with Gasteiger partial charge >= 0.3 is 0 Å². The van der Waals surface area contributed by atoms with Gasteiger partial charge in [0.25, 0.3) is 10.2 Å². The van der Waals surface area contributed by atoms with E-state index in [1.807, 2.05) is 13.8 Å². The molecule has 0 bridgehead atoms. The summed E-state index contributed by atoms with van der Waals surface area (Å²) in [5.74, 6) is 0.00401. The molecule has 1 saturated heterocycles.